The van der Waals surface area contributed by atoms with Gasteiger partial charge in [-0.15, -0.1) is 0 Å². The summed E-state index contributed by atoms with van der Waals surface area (Å²) in [6, 6.07) is 12.8. The van der Waals surface area contributed by atoms with Crippen molar-refractivity contribution < 1.29 is 9.84 Å². The minimum Gasteiger partial charge on any atom is -0.455 e. The fraction of sp³-hybridized carbons (Fsp3) is 0.200. The average molecular weight is 342 g/mol. The Kier molecular flexibility index (Phi) is 4.86. The van der Waals surface area contributed by atoms with Gasteiger partial charge in [-0.1, -0.05) is 52.7 Å². The molecule has 0 saturated carbocycles. The van der Waals surface area contributed by atoms with E-state index >= 15 is 0 Å². The Balaban J connectivity index is 2.35. The van der Waals surface area contributed by atoms with Gasteiger partial charge in [0.2, 0.25) is 0 Å². The summed E-state index contributed by atoms with van der Waals surface area (Å²) in [5, 5.41) is 10.5. The van der Waals surface area contributed by atoms with Crippen molar-refractivity contribution in [2.45, 2.75) is 19.4 Å². The fourth-order valence-electron chi connectivity index (χ4n) is 1.74. The van der Waals surface area contributed by atoms with Crippen molar-refractivity contribution in [3.63, 3.8) is 0 Å². The number of hydrogen-bond acceptors (Lipinski definition) is 2. The van der Waals surface area contributed by atoms with Gasteiger partial charge in [0.15, 0.2) is 0 Å². The van der Waals surface area contributed by atoms with Crippen LogP contribution in [-0.2, 0) is 0 Å². The van der Waals surface area contributed by atoms with Crippen LogP contribution >= 0.6 is 27.5 Å². The van der Waals surface area contributed by atoms with Crippen LogP contribution in [0.5, 0.6) is 11.5 Å². The summed E-state index contributed by atoms with van der Waals surface area (Å²) in [5.41, 5.74) is 0.765. The molecule has 0 aliphatic heterocycles. The molecule has 1 N–H and O–H groups in total. The van der Waals surface area contributed by atoms with Crippen molar-refractivity contribution in [3.8, 4) is 11.5 Å². The Labute approximate surface area is 126 Å². The van der Waals surface area contributed by atoms with E-state index in [9.17, 15) is 5.11 Å². The number of benzene rings is 2. The van der Waals surface area contributed by atoms with Crippen LogP contribution in [0.3, 0.4) is 0 Å². The smallest absolute Gasteiger partial charge is 0.147 e. The summed E-state index contributed by atoms with van der Waals surface area (Å²) in [6.07, 6.45) is 0.0918. The monoisotopic (exact) mass is 340 g/mol. The fourth-order valence-corrected chi connectivity index (χ4v) is 2.24. The van der Waals surface area contributed by atoms with Crippen LogP contribution in [0, 0.1) is 0 Å². The van der Waals surface area contributed by atoms with Gasteiger partial charge >= 0.3 is 0 Å². The molecular formula is C15H14BrClO2. The van der Waals surface area contributed by atoms with Gasteiger partial charge in [0.25, 0.3) is 0 Å². The third-order valence-corrected chi connectivity index (χ3v) is 3.58. The van der Waals surface area contributed by atoms with E-state index in [0.717, 1.165) is 10.0 Å². The van der Waals surface area contributed by atoms with Gasteiger partial charge in [-0.2, -0.15) is 0 Å². The maximum absolute atomic E-state index is 9.99. The number of ether oxygens (including phenoxy) is 1. The van der Waals surface area contributed by atoms with Crippen LogP contribution in [0.4, 0.5) is 0 Å². The van der Waals surface area contributed by atoms with Gasteiger partial charge in [0.1, 0.15) is 11.5 Å². The molecule has 0 amide bonds. The highest BCUT2D eigenvalue weighted by Gasteiger charge is 2.13. The second-order valence-electron chi connectivity index (χ2n) is 4.14. The third-order valence-electron chi connectivity index (χ3n) is 2.78. The first-order valence-electron chi connectivity index (χ1n) is 6.01. The molecule has 0 heterocycles. The number of rotatable bonds is 4. The summed E-state index contributed by atoms with van der Waals surface area (Å²) >= 11 is 9.49. The molecule has 0 spiro atoms. The lowest BCUT2D eigenvalue weighted by atomic mass is 10.1. The highest BCUT2D eigenvalue weighted by Crippen LogP contribution is 2.35. The van der Waals surface area contributed by atoms with Crippen LogP contribution < -0.4 is 4.74 Å². The molecule has 19 heavy (non-hydrogen) atoms. The summed E-state index contributed by atoms with van der Waals surface area (Å²) in [7, 11) is 0. The van der Waals surface area contributed by atoms with E-state index in [-0.39, 0.29) is 0 Å². The summed E-state index contributed by atoms with van der Waals surface area (Å²) in [5.74, 6) is 1.18. The molecule has 0 aliphatic carbocycles. The van der Waals surface area contributed by atoms with Crippen molar-refractivity contribution in [2.24, 2.45) is 0 Å². The van der Waals surface area contributed by atoms with E-state index in [0.29, 0.717) is 22.9 Å². The predicted molar refractivity (Wildman–Crippen MR) is 80.9 cm³/mol. The third kappa shape index (κ3) is 3.50. The van der Waals surface area contributed by atoms with Crippen molar-refractivity contribution in [2.75, 3.05) is 0 Å². The summed E-state index contributed by atoms with van der Waals surface area (Å²) in [4.78, 5) is 0. The minimum atomic E-state index is -0.540. The lowest BCUT2D eigenvalue weighted by Crippen LogP contribution is -1.98. The SMILES string of the molecule is CCC(O)c1ccccc1Oc1cc(Br)ccc1Cl. The molecule has 0 fully saturated rings. The number of hydrogen-bond donors (Lipinski definition) is 1. The van der Waals surface area contributed by atoms with E-state index in [4.69, 9.17) is 16.3 Å². The van der Waals surface area contributed by atoms with Gasteiger partial charge in [0.05, 0.1) is 11.1 Å². The molecule has 0 saturated heterocycles. The standard InChI is InChI=1S/C15H14BrClO2/c1-2-13(18)11-5-3-4-6-14(11)19-15-9-10(16)7-8-12(15)17/h3-9,13,18H,2H2,1H3. The van der Waals surface area contributed by atoms with Gasteiger partial charge in [-0.3, -0.25) is 0 Å². The molecule has 2 rings (SSSR count). The quantitative estimate of drug-likeness (QED) is 0.813. The van der Waals surface area contributed by atoms with Crippen molar-refractivity contribution in [1.29, 1.82) is 0 Å². The van der Waals surface area contributed by atoms with E-state index in [1.165, 1.54) is 0 Å². The average Bonchev–Trinajstić information content (AvgIpc) is 2.42. The lowest BCUT2D eigenvalue weighted by Gasteiger charge is -2.15. The Morgan fingerprint density at radius 3 is 2.68 bits per heavy atom. The van der Waals surface area contributed by atoms with Crippen LogP contribution in [0.15, 0.2) is 46.9 Å². The maximum Gasteiger partial charge on any atom is 0.147 e. The second kappa shape index (κ2) is 6.42. The number of para-hydroxylation sites is 1. The zero-order chi connectivity index (χ0) is 13.8. The molecule has 2 nitrogen and oxygen atoms in total. The van der Waals surface area contributed by atoms with E-state index in [2.05, 4.69) is 15.9 Å². The number of halogens is 2. The van der Waals surface area contributed by atoms with Crippen LogP contribution in [0.1, 0.15) is 25.0 Å². The molecule has 0 aromatic heterocycles. The molecule has 2 aromatic rings. The Hall–Kier alpha value is -1.03. The second-order valence-corrected chi connectivity index (χ2v) is 5.46. The van der Waals surface area contributed by atoms with Crippen molar-refractivity contribution in [3.05, 3.63) is 57.5 Å². The van der Waals surface area contributed by atoms with Gasteiger partial charge in [-0.25, -0.2) is 0 Å². The number of aliphatic hydroxyl groups excluding tert-OH is 1. The molecule has 0 bridgehead atoms. The van der Waals surface area contributed by atoms with Crippen molar-refractivity contribution in [1.82, 2.24) is 0 Å². The predicted octanol–water partition coefficient (Wildman–Crippen LogP) is 5.34. The molecule has 2 aromatic carbocycles. The summed E-state index contributed by atoms with van der Waals surface area (Å²) < 4.78 is 6.71. The first-order valence-corrected chi connectivity index (χ1v) is 7.18. The first kappa shape index (κ1) is 14.4. The van der Waals surface area contributed by atoms with Crippen LogP contribution in [0.25, 0.3) is 0 Å². The minimum absolute atomic E-state index is 0.531. The maximum atomic E-state index is 9.99. The van der Waals surface area contributed by atoms with Gasteiger partial charge in [0, 0.05) is 10.0 Å². The first-order chi connectivity index (χ1) is 9.11. The summed E-state index contributed by atoms with van der Waals surface area (Å²) in [6.45, 7) is 1.92. The van der Waals surface area contributed by atoms with E-state index in [1.807, 2.05) is 37.3 Å². The molecule has 1 atom stereocenters. The number of aliphatic hydroxyl groups is 1. The van der Waals surface area contributed by atoms with Crippen LogP contribution in [-0.4, -0.2) is 5.11 Å². The normalized spacial score (nSPS) is 12.2. The zero-order valence-electron chi connectivity index (χ0n) is 10.4. The molecule has 0 radical (unpaired) electrons. The Morgan fingerprint density at radius 2 is 1.95 bits per heavy atom. The molecule has 4 heteroatoms. The zero-order valence-corrected chi connectivity index (χ0v) is 12.8. The van der Waals surface area contributed by atoms with E-state index < -0.39 is 6.10 Å². The topological polar surface area (TPSA) is 29.5 Å². The molecule has 100 valence electrons. The van der Waals surface area contributed by atoms with Crippen LogP contribution in [0.2, 0.25) is 5.02 Å². The van der Waals surface area contributed by atoms with Gasteiger partial charge in [-0.05, 0) is 30.7 Å². The van der Waals surface area contributed by atoms with Crippen molar-refractivity contribution >= 4 is 27.5 Å². The molecular weight excluding hydrogens is 328 g/mol. The highest BCUT2D eigenvalue weighted by molar-refractivity contribution is 9.10. The Morgan fingerprint density at radius 1 is 1.21 bits per heavy atom. The van der Waals surface area contributed by atoms with Gasteiger partial charge < -0.3 is 9.84 Å². The molecule has 1 unspecified atom stereocenters. The highest BCUT2D eigenvalue weighted by atomic mass is 79.9. The lowest BCUT2D eigenvalue weighted by molar-refractivity contribution is 0.170. The largest absolute Gasteiger partial charge is 0.455 e. The van der Waals surface area contributed by atoms with E-state index in [1.54, 1.807) is 12.1 Å². The molecule has 0 aliphatic rings. The Bertz CT molecular complexity index is 572.